The molecule has 6 nitrogen and oxygen atoms in total. The topological polar surface area (TPSA) is 85.8 Å². The van der Waals surface area contributed by atoms with Crippen LogP contribution in [0.3, 0.4) is 0 Å². The molecule has 0 aliphatic carbocycles. The summed E-state index contributed by atoms with van der Waals surface area (Å²) in [7, 11) is 0. The number of nitrogens with two attached hydrogens (primary N) is 1. The summed E-state index contributed by atoms with van der Waals surface area (Å²) in [6.45, 7) is -0.187. The van der Waals surface area contributed by atoms with E-state index in [4.69, 9.17) is 5.73 Å². The van der Waals surface area contributed by atoms with Gasteiger partial charge in [-0.1, -0.05) is 0 Å². The van der Waals surface area contributed by atoms with E-state index in [0.29, 0.717) is 6.07 Å². The molecule has 0 fully saturated rings. The molecule has 0 unspecified atom stereocenters. The van der Waals surface area contributed by atoms with Crippen LogP contribution in [0.15, 0.2) is 22.9 Å². The molecule has 0 saturated carbocycles. The number of benzene rings is 1. The molecule has 0 saturated heterocycles. The van der Waals surface area contributed by atoms with Gasteiger partial charge in [0.15, 0.2) is 5.82 Å². The van der Waals surface area contributed by atoms with Crippen molar-refractivity contribution in [3.05, 3.63) is 34.6 Å². The highest BCUT2D eigenvalue weighted by atomic mass is 79.9. The summed E-state index contributed by atoms with van der Waals surface area (Å²) in [6.07, 6.45) is 1.27. The third-order valence-electron chi connectivity index (χ3n) is 2.13. The molecule has 19 heavy (non-hydrogen) atoms. The first-order valence-corrected chi connectivity index (χ1v) is 5.84. The van der Waals surface area contributed by atoms with Crippen LogP contribution in [0.25, 0.3) is 0 Å². The van der Waals surface area contributed by atoms with Crippen molar-refractivity contribution in [3.8, 4) is 0 Å². The maximum Gasteiger partial charge on any atom is 0.246 e. The Bertz CT molecular complexity index is 607. The molecule has 9 heteroatoms. The van der Waals surface area contributed by atoms with Crippen LogP contribution in [0.1, 0.15) is 0 Å². The highest BCUT2D eigenvalue weighted by molar-refractivity contribution is 9.10. The van der Waals surface area contributed by atoms with Gasteiger partial charge in [-0.3, -0.25) is 4.79 Å². The predicted molar refractivity (Wildman–Crippen MR) is 67.1 cm³/mol. The van der Waals surface area contributed by atoms with Gasteiger partial charge < -0.3 is 11.1 Å². The second kappa shape index (κ2) is 5.31. The first kappa shape index (κ1) is 13.4. The Morgan fingerprint density at radius 2 is 2.21 bits per heavy atom. The third-order valence-corrected chi connectivity index (χ3v) is 2.76. The summed E-state index contributed by atoms with van der Waals surface area (Å²) in [5.74, 6) is -2.14. The van der Waals surface area contributed by atoms with Gasteiger partial charge in [-0.25, -0.2) is 18.4 Å². The van der Waals surface area contributed by atoms with Gasteiger partial charge in [0.25, 0.3) is 0 Å². The van der Waals surface area contributed by atoms with E-state index in [9.17, 15) is 13.6 Å². The lowest BCUT2D eigenvalue weighted by molar-refractivity contribution is -0.116. The SMILES string of the molecule is Nc1ncn(CC(=O)Nc2c(F)cc(F)cc2Br)n1. The summed E-state index contributed by atoms with van der Waals surface area (Å²) in [5, 5.41) is 6.01. The molecule has 100 valence electrons. The number of hydrogen-bond donors (Lipinski definition) is 2. The van der Waals surface area contributed by atoms with Gasteiger partial charge >= 0.3 is 0 Å². The summed E-state index contributed by atoms with van der Waals surface area (Å²) >= 11 is 2.97. The molecule has 0 radical (unpaired) electrons. The smallest absolute Gasteiger partial charge is 0.246 e. The van der Waals surface area contributed by atoms with Crippen molar-refractivity contribution in [2.75, 3.05) is 11.1 Å². The Morgan fingerprint density at radius 3 is 2.79 bits per heavy atom. The fourth-order valence-electron chi connectivity index (χ4n) is 1.37. The zero-order chi connectivity index (χ0) is 14.0. The number of hydrogen-bond acceptors (Lipinski definition) is 4. The molecule has 0 atom stereocenters. The zero-order valence-corrected chi connectivity index (χ0v) is 11.0. The minimum Gasteiger partial charge on any atom is -0.367 e. The number of nitrogens with zero attached hydrogens (tertiary/aromatic N) is 3. The highest BCUT2D eigenvalue weighted by Gasteiger charge is 2.13. The van der Waals surface area contributed by atoms with Crippen molar-refractivity contribution < 1.29 is 13.6 Å². The number of nitrogen functional groups attached to an aromatic ring is 1. The number of carbonyl (C=O) groups excluding carboxylic acids is 1. The minimum atomic E-state index is -0.877. The Hall–Kier alpha value is -2.03. The van der Waals surface area contributed by atoms with Crippen LogP contribution in [0.4, 0.5) is 20.4 Å². The molecule has 0 spiro atoms. The maximum absolute atomic E-state index is 13.5. The molecular weight excluding hydrogens is 324 g/mol. The second-order valence-corrected chi connectivity index (χ2v) is 4.45. The van der Waals surface area contributed by atoms with Crippen molar-refractivity contribution >= 4 is 33.5 Å². The van der Waals surface area contributed by atoms with Crippen molar-refractivity contribution in [2.45, 2.75) is 6.54 Å². The average molecular weight is 332 g/mol. The molecule has 2 aromatic rings. The van der Waals surface area contributed by atoms with Crippen molar-refractivity contribution in [3.63, 3.8) is 0 Å². The van der Waals surface area contributed by atoms with Gasteiger partial charge in [0.1, 0.15) is 18.7 Å². The van der Waals surface area contributed by atoms with Gasteiger partial charge in [0, 0.05) is 10.5 Å². The van der Waals surface area contributed by atoms with Crippen LogP contribution in [-0.4, -0.2) is 20.7 Å². The van der Waals surface area contributed by atoms with Crippen molar-refractivity contribution in [2.24, 2.45) is 0 Å². The lowest BCUT2D eigenvalue weighted by Gasteiger charge is -2.08. The molecule has 0 aliphatic heterocycles. The van der Waals surface area contributed by atoms with E-state index in [-0.39, 0.29) is 22.7 Å². The number of aromatic nitrogens is 3. The molecular formula is C10H8BrF2N5O. The standard InChI is InChI=1S/C10H8BrF2N5O/c11-6-1-5(12)2-7(13)9(6)16-8(19)3-18-4-15-10(14)17-18/h1-2,4H,3H2,(H2,14,17)(H,16,19). The van der Waals surface area contributed by atoms with Crippen molar-refractivity contribution in [1.29, 1.82) is 0 Å². The highest BCUT2D eigenvalue weighted by Crippen LogP contribution is 2.26. The van der Waals surface area contributed by atoms with E-state index in [1.165, 1.54) is 11.0 Å². The first-order chi connectivity index (χ1) is 8.95. The van der Waals surface area contributed by atoms with Gasteiger partial charge in [-0.2, -0.15) is 0 Å². The number of rotatable bonds is 3. The van der Waals surface area contributed by atoms with E-state index in [0.717, 1.165) is 6.07 Å². The Labute approximate surface area is 114 Å². The first-order valence-electron chi connectivity index (χ1n) is 5.05. The van der Waals surface area contributed by atoms with Gasteiger partial charge in [-0.05, 0) is 22.0 Å². The van der Waals surface area contributed by atoms with E-state index in [1.807, 2.05) is 0 Å². The molecule has 2 rings (SSSR count). The quantitative estimate of drug-likeness (QED) is 0.893. The van der Waals surface area contributed by atoms with Crippen LogP contribution in [-0.2, 0) is 11.3 Å². The summed E-state index contributed by atoms with van der Waals surface area (Å²) in [4.78, 5) is 15.3. The molecule has 1 aromatic heterocycles. The lowest BCUT2D eigenvalue weighted by Crippen LogP contribution is -2.20. The fourth-order valence-corrected chi connectivity index (χ4v) is 1.88. The molecule has 1 aromatic carbocycles. The molecule has 0 bridgehead atoms. The minimum absolute atomic E-state index is 0.0296. The van der Waals surface area contributed by atoms with Gasteiger partial charge in [-0.15, -0.1) is 5.10 Å². The number of halogens is 3. The second-order valence-electron chi connectivity index (χ2n) is 3.59. The Morgan fingerprint density at radius 1 is 1.47 bits per heavy atom. The summed E-state index contributed by atoms with van der Waals surface area (Å²) < 4.78 is 27.7. The van der Waals surface area contributed by atoms with Crippen LogP contribution >= 0.6 is 15.9 Å². The van der Waals surface area contributed by atoms with Crippen LogP contribution in [0.5, 0.6) is 0 Å². The monoisotopic (exact) mass is 331 g/mol. The Kier molecular flexibility index (Phi) is 3.74. The summed E-state index contributed by atoms with van der Waals surface area (Å²) in [6, 6.07) is 1.72. The number of amides is 1. The van der Waals surface area contributed by atoms with E-state index in [2.05, 4.69) is 31.3 Å². The maximum atomic E-state index is 13.5. The number of nitrogens with one attached hydrogen (secondary N) is 1. The molecule has 0 aliphatic rings. The predicted octanol–water partition coefficient (Wildman–Crippen LogP) is 1.54. The van der Waals surface area contributed by atoms with Crippen LogP contribution < -0.4 is 11.1 Å². The van der Waals surface area contributed by atoms with Gasteiger partial charge in [0.05, 0.1) is 5.69 Å². The van der Waals surface area contributed by atoms with Gasteiger partial charge in [0.2, 0.25) is 11.9 Å². The average Bonchev–Trinajstić information content (AvgIpc) is 2.69. The normalized spacial score (nSPS) is 10.5. The van der Waals surface area contributed by atoms with Crippen LogP contribution in [0.2, 0.25) is 0 Å². The van der Waals surface area contributed by atoms with E-state index in [1.54, 1.807) is 0 Å². The Balaban J connectivity index is 2.11. The summed E-state index contributed by atoms with van der Waals surface area (Å²) in [5.41, 5.74) is 5.15. The van der Waals surface area contributed by atoms with E-state index < -0.39 is 17.5 Å². The molecule has 3 N–H and O–H groups in total. The van der Waals surface area contributed by atoms with Crippen molar-refractivity contribution in [1.82, 2.24) is 14.8 Å². The largest absolute Gasteiger partial charge is 0.367 e. The fraction of sp³-hybridized carbons (Fsp3) is 0.100. The zero-order valence-electron chi connectivity index (χ0n) is 9.40. The number of anilines is 2. The molecule has 1 heterocycles. The third kappa shape index (κ3) is 3.25. The van der Waals surface area contributed by atoms with Crippen LogP contribution in [0, 0.1) is 11.6 Å². The number of carbonyl (C=O) groups is 1. The lowest BCUT2D eigenvalue weighted by atomic mass is 10.3. The molecule has 1 amide bonds. The van der Waals surface area contributed by atoms with E-state index >= 15 is 0 Å².